The first-order valence-corrected chi connectivity index (χ1v) is 8.22. The summed E-state index contributed by atoms with van der Waals surface area (Å²) in [5.74, 6) is 0.587. The monoisotopic (exact) mass is 298 g/mol. The molecule has 0 spiro atoms. The second-order valence-corrected chi connectivity index (χ2v) is 6.52. The van der Waals surface area contributed by atoms with Crippen molar-refractivity contribution >= 4 is 11.3 Å². The van der Waals surface area contributed by atoms with Crippen LogP contribution in [0.1, 0.15) is 66.4 Å². The fraction of sp³-hybridized carbons (Fsp3) is 0.786. The van der Waals surface area contributed by atoms with Crippen LogP contribution >= 0.6 is 11.3 Å². The third-order valence-electron chi connectivity index (χ3n) is 3.89. The van der Waals surface area contributed by atoms with Gasteiger partial charge in [-0.05, 0) is 19.8 Å². The van der Waals surface area contributed by atoms with E-state index in [1.54, 1.807) is 11.3 Å². The van der Waals surface area contributed by atoms with E-state index in [2.05, 4.69) is 4.84 Å². The summed E-state index contributed by atoms with van der Waals surface area (Å²) < 4.78 is 0. The molecule has 1 saturated carbocycles. The van der Waals surface area contributed by atoms with E-state index in [-0.39, 0.29) is 6.61 Å². The molecule has 0 aliphatic heterocycles. The first kappa shape index (κ1) is 15.2. The van der Waals surface area contributed by atoms with E-state index in [0.29, 0.717) is 12.3 Å². The number of hydrogen-bond acceptors (Lipinski definition) is 5. The SMILES string of the molecule is Cc1nc(C2CCCCCCC2)sc1CCO[N+](=O)[O-]. The normalized spacial score (nSPS) is 17.4. The lowest BCUT2D eigenvalue weighted by Gasteiger charge is -2.17. The number of aromatic nitrogens is 1. The summed E-state index contributed by atoms with van der Waals surface area (Å²) in [4.78, 5) is 20.4. The molecule has 0 bridgehead atoms. The zero-order valence-electron chi connectivity index (χ0n) is 12.0. The van der Waals surface area contributed by atoms with Gasteiger partial charge in [0.25, 0.3) is 5.09 Å². The van der Waals surface area contributed by atoms with Crippen LogP contribution in [0.4, 0.5) is 0 Å². The third-order valence-corrected chi connectivity index (χ3v) is 5.27. The van der Waals surface area contributed by atoms with Crippen molar-refractivity contribution < 1.29 is 9.92 Å². The number of rotatable bonds is 5. The zero-order valence-corrected chi connectivity index (χ0v) is 12.8. The molecule has 0 aromatic carbocycles. The highest BCUT2D eigenvalue weighted by molar-refractivity contribution is 7.11. The topological polar surface area (TPSA) is 65.3 Å². The van der Waals surface area contributed by atoms with Crippen LogP contribution in [0.25, 0.3) is 0 Å². The molecule has 6 heteroatoms. The third kappa shape index (κ3) is 4.44. The molecule has 2 rings (SSSR count). The quantitative estimate of drug-likeness (QED) is 0.608. The fourth-order valence-corrected chi connectivity index (χ4v) is 3.99. The summed E-state index contributed by atoms with van der Waals surface area (Å²) in [7, 11) is 0. The Balaban J connectivity index is 1.95. The van der Waals surface area contributed by atoms with Crippen LogP contribution in [0.3, 0.4) is 0 Å². The minimum atomic E-state index is -0.730. The standard InChI is InChI=1S/C14H22N2O3S/c1-11-13(9-10-19-16(17)18)20-14(15-11)12-7-5-3-2-4-6-8-12/h12H,2-10H2,1H3. The van der Waals surface area contributed by atoms with Crippen LogP contribution < -0.4 is 0 Å². The summed E-state index contributed by atoms with van der Waals surface area (Å²) in [6.07, 6.45) is 9.68. The van der Waals surface area contributed by atoms with E-state index >= 15 is 0 Å². The van der Waals surface area contributed by atoms with Gasteiger partial charge < -0.3 is 4.84 Å². The van der Waals surface area contributed by atoms with Crippen LogP contribution in [-0.4, -0.2) is 16.7 Å². The molecule has 0 atom stereocenters. The van der Waals surface area contributed by atoms with Gasteiger partial charge in [0.2, 0.25) is 0 Å². The van der Waals surface area contributed by atoms with E-state index in [9.17, 15) is 10.1 Å². The van der Waals surface area contributed by atoms with E-state index in [1.165, 1.54) is 50.0 Å². The first-order chi connectivity index (χ1) is 9.66. The molecule has 0 radical (unpaired) electrons. The fourth-order valence-electron chi connectivity index (χ4n) is 2.77. The van der Waals surface area contributed by atoms with Gasteiger partial charge in [0.05, 0.1) is 10.7 Å². The maximum absolute atomic E-state index is 10.2. The van der Waals surface area contributed by atoms with Crippen LogP contribution in [0.2, 0.25) is 0 Å². The van der Waals surface area contributed by atoms with Crippen LogP contribution in [0, 0.1) is 17.0 Å². The van der Waals surface area contributed by atoms with Crippen molar-refractivity contribution in [2.45, 2.75) is 64.2 Å². The predicted octanol–water partition coefficient (Wildman–Crippen LogP) is 4.03. The maximum Gasteiger partial charge on any atom is 0.294 e. The molecule has 1 aromatic rings. The number of aryl methyl sites for hydroxylation is 1. The Hall–Kier alpha value is -1.17. The molecule has 20 heavy (non-hydrogen) atoms. The zero-order chi connectivity index (χ0) is 14.4. The lowest BCUT2D eigenvalue weighted by Crippen LogP contribution is -2.04. The van der Waals surface area contributed by atoms with Gasteiger partial charge >= 0.3 is 0 Å². The highest BCUT2D eigenvalue weighted by atomic mass is 32.1. The Morgan fingerprint density at radius 2 is 1.95 bits per heavy atom. The summed E-state index contributed by atoms with van der Waals surface area (Å²) in [6.45, 7) is 2.12. The highest BCUT2D eigenvalue weighted by Crippen LogP contribution is 2.34. The van der Waals surface area contributed by atoms with E-state index in [4.69, 9.17) is 4.98 Å². The highest BCUT2D eigenvalue weighted by Gasteiger charge is 2.18. The van der Waals surface area contributed by atoms with Gasteiger partial charge in [-0.2, -0.15) is 0 Å². The van der Waals surface area contributed by atoms with Crippen molar-refractivity contribution in [2.75, 3.05) is 6.61 Å². The molecule has 1 heterocycles. The lowest BCUT2D eigenvalue weighted by molar-refractivity contribution is -0.757. The van der Waals surface area contributed by atoms with Gasteiger partial charge in [0.1, 0.15) is 6.61 Å². The average molecular weight is 298 g/mol. The smallest absolute Gasteiger partial charge is 0.294 e. The number of nitrogens with zero attached hydrogens (tertiary/aromatic N) is 2. The molecule has 112 valence electrons. The van der Waals surface area contributed by atoms with Crippen molar-refractivity contribution in [3.63, 3.8) is 0 Å². The molecule has 1 aliphatic rings. The Morgan fingerprint density at radius 3 is 2.60 bits per heavy atom. The second-order valence-electron chi connectivity index (χ2n) is 5.41. The van der Waals surface area contributed by atoms with Gasteiger partial charge in [-0.3, -0.25) is 0 Å². The summed E-state index contributed by atoms with van der Waals surface area (Å²) in [5.41, 5.74) is 1.01. The predicted molar refractivity (Wildman–Crippen MR) is 78.6 cm³/mol. The van der Waals surface area contributed by atoms with E-state index < -0.39 is 5.09 Å². The van der Waals surface area contributed by atoms with Gasteiger partial charge in [-0.1, -0.05) is 32.1 Å². The molecule has 1 fully saturated rings. The molecular formula is C14H22N2O3S. The Bertz CT molecular complexity index is 440. The van der Waals surface area contributed by atoms with Gasteiger partial charge in [0, 0.05) is 17.2 Å². The molecule has 5 nitrogen and oxygen atoms in total. The number of hydrogen-bond donors (Lipinski definition) is 0. The molecule has 0 unspecified atom stereocenters. The van der Waals surface area contributed by atoms with E-state index in [1.807, 2.05) is 6.92 Å². The molecular weight excluding hydrogens is 276 g/mol. The molecule has 1 aliphatic carbocycles. The van der Waals surface area contributed by atoms with Gasteiger partial charge in [-0.15, -0.1) is 21.5 Å². The lowest BCUT2D eigenvalue weighted by atomic mass is 9.92. The first-order valence-electron chi connectivity index (χ1n) is 7.40. The van der Waals surface area contributed by atoms with Gasteiger partial charge in [0.15, 0.2) is 0 Å². The van der Waals surface area contributed by atoms with Crippen molar-refractivity contribution in [1.82, 2.24) is 4.98 Å². The largest absolute Gasteiger partial charge is 0.314 e. The Kier molecular flexibility index (Phi) is 5.76. The summed E-state index contributed by atoms with van der Waals surface area (Å²) in [6, 6.07) is 0. The Labute approximate surface area is 123 Å². The summed E-state index contributed by atoms with van der Waals surface area (Å²) >= 11 is 1.72. The van der Waals surface area contributed by atoms with Crippen LogP contribution in [-0.2, 0) is 11.3 Å². The van der Waals surface area contributed by atoms with Crippen molar-refractivity contribution in [3.8, 4) is 0 Å². The van der Waals surface area contributed by atoms with E-state index in [0.717, 1.165) is 10.6 Å². The minimum absolute atomic E-state index is 0.125. The second kappa shape index (κ2) is 7.57. The van der Waals surface area contributed by atoms with Gasteiger partial charge in [-0.25, -0.2) is 4.98 Å². The van der Waals surface area contributed by atoms with Crippen LogP contribution in [0.15, 0.2) is 0 Å². The van der Waals surface area contributed by atoms with Crippen molar-refractivity contribution in [2.24, 2.45) is 0 Å². The Morgan fingerprint density at radius 1 is 1.30 bits per heavy atom. The van der Waals surface area contributed by atoms with Crippen molar-refractivity contribution in [1.29, 1.82) is 0 Å². The summed E-state index contributed by atoms with van der Waals surface area (Å²) in [5, 5.41) is 10.7. The molecule has 0 saturated heterocycles. The molecule has 0 amide bonds. The maximum atomic E-state index is 10.2. The molecule has 1 aromatic heterocycles. The number of thiazole rings is 1. The van der Waals surface area contributed by atoms with Crippen molar-refractivity contribution in [3.05, 3.63) is 25.7 Å². The molecule has 0 N–H and O–H groups in total. The van der Waals surface area contributed by atoms with Crippen LogP contribution in [0.5, 0.6) is 0 Å². The minimum Gasteiger partial charge on any atom is -0.314 e. The average Bonchev–Trinajstić information content (AvgIpc) is 2.70.